The molecule has 0 fully saturated rings. The molecule has 4 rings (SSSR count). The Kier molecular flexibility index (Phi) is 3.08. The van der Waals surface area contributed by atoms with Gasteiger partial charge in [-0.05, 0) is 12.1 Å². The van der Waals surface area contributed by atoms with E-state index in [4.69, 9.17) is 4.98 Å². The molecule has 0 saturated heterocycles. The van der Waals surface area contributed by atoms with Gasteiger partial charge in [0.25, 0.3) is 5.91 Å². The number of para-hydroxylation sites is 1. The van der Waals surface area contributed by atoms with E-state index in [1.807, 2.05) is 60.7 Å². The zero-order valence-corrected chi connectivity index (χ0v) is 12.6. The molecule has 4 nitrogen and oxygen atoms in total. The number of fused-ring (bicyclic) bond motifs is 3. The second-order valence-corrected chi connectivity index (χ2v) is 5.39. The number of rotatable bonds is 2. The molecular weight excluding hydrogens is 286 g/mol. The van der Waals surface area contributed by atoms with Crippen molar-refractivity contribution in [3.8, 4) is 11.3 Å². The lowest BCUT2D eigenvalue weighted by molar-refractivity contribution is 0.0964. The topological polar surface area (TPSA) is 57.8 Å². The number of nitrogens with zero attached hydrogens (tertiary/aromatic N) is 1. The Bertz CT molecular complexity index is 1020. The molecule has 2 aromatic heterocycles. The summed E-state index contributed by atoms with van der Waals surface area (Å²) in [6, 6.07) is 19.7. The second kappa shape index (κ2) is 5.25. The summed E-state index contributed by atoms with van der Waals surface area (Å²) in [5.74, 6) is -0.124. The molecule has 2 aromatic carbocycles. The maximum absolute atomic E-state index is 12.3. The molecule has 112 valence electrons. The molecule has 4 aromatic rings. The van der Waals surface area contributed by atoms with Crippen LogP contribution in [0.1, 0.15) is 10.4 Å². The molecular formula is C19H15N3O. The van der Waals surface area contributed by atoms with Gasteiger partial charge < -0.3 is 10.3 Å². The van der Waals surface area contributed by atoms with Gasteiger partial charge in [0, 0.05) is 23.5 Å². The van der Waals surface area contributed by atoms with Gasteiger partial charge >= 0.3 is 0 Å². The van der Waals surface area contributed by atoms with E-state index in [0.29, 0.717) is 5.56 Å². The third-order valence-corrected chi connectivity index (χ3v) is 4.00. The molecule has 0 unspecified atom stereocenters. The van der Waals surface area contributed by atoms with E-state index < -0.39 is 0 Å². The Morgan fingerprint density at radius 3 is 2.57 bits per heavy atom. The first kappa shape index (κ1) is 13.5. The van der Waals surface area contributed by atoms with Crippen LogP contribution in [0.25, 0.3) is 33.2 Å². The predicted molar refractivity (Wildman–Crippen MR) is 92.4 cm³/mol. The van der Waals surface area contributed by atoms with E-state index in [0.717, 1.165) is 33.2 Å². The van der Waals surface area contributed by atoms with Crippen molar-refractivity contribution in [3.63, 3.8) is 0 Å². The number of H-pyrrole nitrogens is 1. The maximum Gasteiger partial charge on any atom is 0.253 e. The summed E-state index contributed by atoms with van der Waals surface area (Å²) < 4.78 is 0. The molecule has 1 amide bonds. The van der Waals surface area contributed by atoms with E-state index in [9.17, 15) is 4.79 Å². The number of aromatic nitrogens is 2. The minimum atomic E-state index is -0.124. The van der Waals surface area contributed by atoms with Crippen molar-refractivity contribution < 1.29 is 4.79 Å². The van der Waals surface area contributed by atoms with Gasteiger partial charge in [-0.3, -0.25) is 4.79 Å². The monoisotopic (exact) mass is 301 g/mol. The lowest BCUT2D eigenvalue weighted by Gasteiger charge is -2.06. The lowest BCUT2D eigenvalue weighted by atomic mass is 10.1. The number of aromatic amines is 1. The van der Waals surface area contributed by atoms with Crippen LogP contribution in [0.3, 0.4) is 0 Å². The number of carbonyl (C=O) groups excluding carboxylic acids is 1. The van der Waals surface area contributed by atoms with Gasteiger partial charge in [-0.2, -0.15) is 0 Å². The van der Waals surface area contributed by atoms with Gasteiger partial charge in [-0.15, -0.1) is 0 Å². The van der Waals surface area contributed by atoms with E-state index in [1.54, 1.807) is 7.05 Å². The molecule has 23 heavy (non-hydrogen) atoms. The van der Waals surface area contributed by atoms with Crippen LogP contribution in [0.2, 0.25) is 0 Å². The van der Waals surface area contributed by atoms with E-state index in [-0.39, 0.29) is 5.91 Å². The largest absolute Gasteiger partial charge is 0.355 e. The summed E-state index contributed by atoms with van der Waals surface area (Å²) in [6.07, 6.45) is 0. The average molecular weight is 301 g/mol. The zero-order chi connectivity index (χ0) is 15.8. The normalized spacial score (nSPS) is 11.0. The molecule has 2 N–H and O–H groups in total. The lowest BCUT2D eigenvalue weighted by Crippen LogP contribution is -2.18. The van der Waals surface area contributed by atoms with Crippen molar-refractivity contribution in [2.24, 2.45) is 0 Å². The summed E-state index contributed by atoms with van der Waals surface area (Å²) in [5.41, 5.74) is 4.95. The highest BCUT2D eigenvalue weighted by Gasteiger charge is 2.16. The molecule has 0 radical (unpaired) electrons. The number of carbonyl (C=O) groups is 1. The average Bonchev–Trinajstić information content (AvgIpc) is 2.99. The van der Waals surface area contributed by atoms with Crippen LogP contribution < -0.4 is 5.32 Å². The highest BCUT2D eigenvalue weighted by Crippen LogP contribution is 2.29. The van der Waals surface area contributed by atoms with Crippen LogP contribution in [-0.2, 0) is 0 Å². The Hall–Kier alpha value is -3.14. The van der Waals surface area contributed by atoms with Gasteiger partial charge in [-0.1, -0.05) is 48.5 Å². The SMILES string of the molecule is CNC(=O)c1cc(-c2ccccc2)nc2c1[nH]c1ccccc12. The molecule has 0 aliphatic carbocycles. The first-order valence-electron chi connectivity index (χ1n) is 7.47. The van der Waals surface area contributed by atoms with E-state index in [2.05, 4.69) is 10.3 Å². The van der Waals surface area contributed by atoms with Gasteiger partial charge in [0.2, 0.25) is 0 Å². The quantitative estimate of drug-likeness (QED) is 0.592. The predicted octanol–water partition coefficient (Wildman–Crippen LogP) is 3.74. The van der Waals surface area contributed by atoms with Crippen molar-refractivity contribution in [3.05, 3.63) is 66.2 Å². The molecule has 0 aliphatic rings. The molecule has 4 heteroatoms. The van der Waals surface area contributed by atoms with Gasteiger partial charge in [0.15, 0.2) is 0 Å². The third kappa shape index (κ3) is 2.16. The first-order chi connectivity index (χ1) is 11.3. The summed E-state index contributed by atoms with van der Waals surface area (Å²) in [4.78, 5) is 20.4. The highest BCUT2D eigenvalue weighted by atomic mass is 16.1. The summed E-state index contributed by atoms with van der Waals surface area (Å²) in [7, 11) is 1.64. The van der Waals surface area contributed by atoms with Crippen LogP contribution in [0.5, 0.6) is 0 Å². The maximum atomic E-state index is 12.3. The minimum Gasteiger partial charge on any atom is -0.355 e. The number of pyridine rings is 1. The van der Waals surface area contributed by atoms with Crippen LogP contribution in [0.4, 0.5) is 0 Å². The summed E-state index contributed by atoms with van der Waals surface area (Å²) in [6.45, 7) is 0. The molecule has 0 aliphatic heterocycles. The summed E-state index contributed by atoms with van der Waals surface area (Å²) in [5, 5.41) is 3.73. The number of benzene rings is 2. The van der Waals surface area contributed by atoms with Gasteiger partial charge in [-0.25, -0.2) is 4.98 Å². The Morgan fingerprint density at radius 1 is 1.04 bits per heavy atom. The number of nitrogens with one attached hydrogen (secondary N) is 2. The standard InChI is InChI=1S/C19H15N3O/c1-20-19(23)14-11-16(12-7-3-2-4-8-12)22-17-13-9-5-6-10-15(13)21-18(14)17/h2-11,21H,1H3,(H,20,23). The molecule has 0 atom stereocenters. The minimum absolute atomic E-state index is 0.124. The number of hydrogen-bond donors (Lipinski definition) is 2. The van der Waals surface area contributed by atoms with Crippen molar-refractivity contribution in [1.29, 1.82) is 0 Å². The van der Waals surface area contributed by atoms with Crippen LogP contribution in [0, 0.1) is 0 Å². The van der Waals surface area contributed by atoms with Crippen LogP contribution in [-0.4, -0.2) is 22.9 Å². The second-order valence-electron chi connectivity index (χ2n) is 5.39. The molecule has 0 saturated carbocycles. The third-order valence-electron chi connectivity index (χ3n) is 4.00. The van der Waals surface area contributed by atoms with Crippen LogP contribution >= 0.6 is 0 Å². The Labute approximate surface area is 133 Å². The smallest absolute Gasteiger partial charge is 0.253 e. The van der Waals surface area contributed by atoms with Crippen molar-refractivity contribution >= 4 is 27.8 Å². The molecule has 2 heterocycles. The zero-order valence-electron chi connectivity index (χ0n) is 12.6. The van der Waals surface area contributed by atoms with E-state index in [1.165, 1.54) is 0 Å². The Balaban J connectivity index is 2.10. The van der Waals surface area contributed by atoms with Crippen LogP contribution in [0.15, 0.2) is 60.7 Å². The Morgan fingerprint density at radius 2 is 1.78 bits per heavy atom. The molecule has 0 bridgehead atoms. The number of hydrogen-bond acceptors (Lipinski definition) is 2. The fourth-order valence-corrected chi connectivity index (χ4v) is 2.87. The van der Waals surface area contributed by atoms with Crippen molar-refractivity contribution in [2.45, 2.75) is 0 Å². The number of amides is 1. The van der Waals surface area contributed by atoms with Gasteiger partial charge in [0.1, 0.15) is 0 Å². The highest BCUT2D eigenvalue weighted by molar-refractivity contribution is 6.14. The first-order valence-corrected chi connectivity index (χ1v) is 7.47. The van der Waals surface area contributed by atoms with E-state index >= 15 is 0 Å². The fourth-order valence-electron chi connectivity index (χ4n) is 2.87. The van der Waals surface area contributed by atoms with Crippen molar-refractivity contribution in [2.75, 3.05) is 7.05 Å². The fraction of sp³-hybridized carbons (Fsp3) is 0.0526. The summed E-state index contributed by atoms with van der Waals surface area (Å²) >= 11 is 0. The molecule has 0 spiro atoms. The van der Waals surface area contributed by atoms with Crippen molar-refractivity contribution in [1.82, 2.24) is 15.3 Å². The van der Waals surface area contributed by atoms with Gasteiger partial charge in [0.05, 0.1) is 22.3 Å².